The second-order valence-electron chi connectivity index (χ2n) is 11.4. The van der Waals surface area contributed by atoms with Gasteiger partial charge in [0, 0.05) is 22.4 Å². The molecule has 0 radical (unpaired) electrons. The van der Waals surface area contributed by atoms with Gasteiger partial charge in [-0.1, -0.05) is 135 Å². The third-order valence-corrected chi connectivity index (χ3v) is 8.22. The molecule has 1 heterocycles. The van der Waals surface area contributed by atoms with Crippen LogP contribution >= 0.6 is 0 Å². The second-order valence-corrected chi connectivity index (χ2v) is 11.4. The van der Waals surface area contributed by atoms with E-state index in [2.05, 4.69) is 116 Å². The molecule has 0 bridgehead atoms. The van der Waals surface area contributed by atoms with Gasteiger partial charge in [0.15, 0.2) is 17.5 Å². The Kier molecular flexibility index (Phi) is 8.17. The molecule has 46 heavy (non-hydrogen) atoms. The summed E-state index contributed by atoms with van der Waals surface area (Å²) in [4.78, 5) is 15.2. The fraction of sp³-hybridized carbons (Fsp3) is 0.0714. The number of hydrogen-bond donors (Lipinski definition) is 1. The summed E-state index contributed by atoms with van der Waals surface area (Å²) in [6.45, 7) is 2.16. The summed E-state index contributed by atoms with van der Waals surface area (Å²) in [5, 5.41) is 0. The Morgan fingerprint density at radius 2 is 0.870 bits per heavy atom. The molecule has 7 rings (SSSR count). The Labute approximate surface area is 270 Å². The van der Waals surface area contributed by atoms with E-state index in [0.717, 1.165) is 68.6 Å². The minimum Gasteiger partial charge on any atom is -0.399 e. The Morgan fingerprint density at radius 1 is 0.435 bits per heavy atom. The molecule has 0 aliphatic carbocycles. The van der Waals surface area contributed by atoms with Crippen LogP contribution in [0.2, 0.25) is 0 Å². The van der Waals surface area contributed by atoms with Crippen molar-refractivity contribution in [3.05, 3.63) is 157 Å². The molecule has 0 fully saturated rings. The fourth-order valence-corrected chi connectivity index (χ4v) is 5.96. The van der Waals surface area contributed by atoms with E-state index in [-0.39, 0.29) is 0 Å². The first-order chi connectivity index (χ1) is 22.7. The van der Waals surface area contributed by atoms with Crippen LogP contribution in [0.25, 0.3) is 67.5 Å². The Morgan fingerprint density at radius 3 is 1.37 bits per heavy atom. The van der Waals surface area contributed by atoms with Crippen molar-refractivity contribution in [2.45, 2.75) is 19.8 Å². The van der Waals surface area contributed by atoms with E-state index in [1.165, 1.54) is 5.56 Å². The Bertz CT molecular complexity index is 2030. The highest BCUT2D eigenvalue weighted by atomic mass is 15.0. The lowest BCUT2D eigenvalue weighted by Crippen LogP contribution is -2.02. The third-order valence-electron chi connectivity index (χ3n) is 8.22. The number of nitrogens with zero attached hydrogens (tertiary/aromatic N) is 3. The zero-order chi connectivity index (χ0) is 31.3. The SMILES string of the molecule is CCCc1cc(-c2nc(-c3ccccc3)nc(-c3cc(-c4ccccc4)c(-c4ccccc4)c(-c4ccccc4)c3)n2)ccc1N. The number of anilines is 1. The molecular formula is C42H34N4. The average molecular weight is 595 g/mol. The van der Waals surface area contributed by atoms with Crippen molar-refractivity contribution in [3.63, 3.8) is 0 Å². The molecular weight excluding hydrogens is 560 g/mol. The van der Waals surface area contributed by atoms with Crippen molar-refractivity contribution in [1.29, 1.82) is 0 Å². The number of hydrogen-bond acceptors (Lipinski definition) is 4. The lowest BCUT2D eigenvalue weighted by molar-refractivity contribution is 0.924. The van der Waals surface area contributed by atoms with Gasteiger partial charge in [-0.25, -0.2) is 15.0 Å². The first kappa shape index (κ1) is 28.9. The van der Waals surface area contributed by atoms with E-state index in [1.807, 2.05) is 42.5 Å². The maximum atomic E-state index is 6.35. The van der Waals surface area contributed by atoms with Crippen molar-refractivity contribution in [2.75, 3.05) is 5.73 Å². The van der Waals surface area contributed by atoms with Gasteiger partial charge in [0.2, 0.25) is 0 Å². The van der Waals surface area contributed by atoms with Gasteiger partial charge in [-0.2, -0.15) is 0 Å². The second kappa shape index (κ2) is 13.0. The van der Waals surface area contributed by atoms with Crippen LogP contribution in [0.1, 0.15) is 18.9 Å². The molecule has 0 aliphatic rings. The number of aromatic nitrogens is 3. The van der Waals surface area contributed by atoms with Crippen molar-refractivity contribution in [2.24, 2.45) is 0 Å². The minimum absolute atomic E-state index is 0.617. The standard InChI is InChI=1S/C42H34N4/c1-2-15-33-26-34(24-25-38(33)43)41-44-40(32-22-13-6-14-23-32)45-42(46-41)35-27-36(29-16-7-3-8-17-29)39(31-20-11-5-12-21-31)37(28-35)30-18-9-4-10-19-30/h3-14,16-28H,2,15,43H2,1H3. The number of nitrogens with two attached hydrogens (primary N) is 1. The van der Waals surface area contributed by atoms with Crippen LogP contribution in [0.15, 0.2) is 152 Å². The topological polar surface area (TPSA) is 64.7 Å². The molecule has 1 aromatic heterocycles. The van der Waals surface area contributed by atoms with Crippen molar-refractivity contribution in [3.8, 4) is 67.5 Å². The zero-order valence-corrected chi connectivity index (χ0v) is 25.8. The molecule has 0 spiro atoms. The molecule has 6 aromatic carbocycles. The first-order valence-corrected chi connectivity index (χ1v) is 15.7. The van der Waals surface area contributed by atoms with Crippen molar-refractivity contribution in [1.82, 2.24) is 15.0 Å². The van der Waals surface area contributed by atoms with E-state index in [1.54, 1.807) is 0 Å². The number of rotatable bonds is 8. The predicted octanol–water partition coefficient (Wildman–Crippen LogP) is 10.4. The summed E-state index contributed by atoms with van der Waals surface area (Å²) in [7, 11) is 0. The van der Waals surface area contributed by atoms with Gasteiger partial charge in [0.1, 0.15) is 0 Å². The van der Waals surface area contributed by atoms with Gasteiger partial charge in [-0.15, -0.1) is 0 Å². The van der Waals surface area contributed by atoms with Crippen LogP contribution in [0.5, 0.6) is 0 Å². The molecule has 2 N–H and O–H groups in total. The molecule has 0 aliphatic heterocycles. The molecule has 0 atom stereocenters. The number of aryl methyl sites for hydroxylation is 1. The Hall–Kier alpha value is -5.87. The van der Waals surface area contributed by atoms with E-state index in [4.69, 9.17) is 20.7 Å². The fourth-order valence-electron chi connectivity index (χ4n) is 5.96. The van der Waals surface area contributed by atoms with Crippen LogP contribution in [0.3, 0.4) is 0 Å². The van der Waals surface area contributed by atoms with Crippen LogP contribution in [-0.4, -0.2) is 15.0 Å². The van der Waals surface area contributed by atoms with Gasteiger partial charge >= 0.3 is 0 Å². The zero-order valence-electron chi connectivity index (χ0n) is 25.8. The highest BCUT2D eigenvalue weighted by molar-refractivity contribution is 5.97. The van der Waals surface area contributed by atoms with Gasteiger partial charge in [0.25, 0.3) is 0 Å². The van der Waals surface area contributed by atoms with Crippen LogP contribution in [0.4, 0.5) is 5.69 Å². The van der Waals surface area contributed by atoms with E-state index < -0.39 is 0 Å². The summed E-state index contributed by atoms with van der Waals surface area (Å²) >= 11 is 0. The van der Waals surface area contributed by atoms with Crippen LogP contribution in [-0.2, 0) is 6.42 Å². The summed E-state index contributed by atoms with van der Waals surface area (Å²) in [5.74, 6) is 1.87. The lowest BCUT2D eigenvalue weighted by atomic mass is 9.86. The van der Waals surface area contributed by atoms with Gasteiger partial charge in [-0.3, -0.25) is 0 Å². The highest BCUT2D eigenvalue weighted by Gasteiger charge is 2.20. The largest absolute Gasteiger partial charge is 0.399 e. The number of benzene rings is 6. The molecule has 4 heteroatoms. The van der Waals surface area contributed by atoms with Crippen LogP contribution in [0, 0.1) is 0 Å². The molecule has 0 saturated heterocycles. The van der Waals surface area contributed by atoms with Crippen LogP contribution < -0.4 is 5.73 Å². The quantitative estimate of drug-likeness (QED) is 0.178. The molecule has 4 nitrogen and oxygen atoms in total. The smallest absolute Gasteiger partial charge is 0.164 e. The molecule has 0 amide bonds. The first-order valence-electron chi connectivity index (χ1n) is 15.7. The van der Waals surface area contributed by atoms with E-state index in [9.17, 15) is 0 Å². The maximum absolute atomic E-state index is 6.35. The lowest BCUT2D eigenvalue weighted by Gasteiger charge is -2.19. The number of nitrogen functional groups attached to an aromatic ring is 1. The molecule has 0 saturated carbocycles. The predicted molar refractivity (Wildman–Crippen MR) is 191 cm³/mol. The molecule has 0 unspecified atom stereocenters. The highest BCUT2D eigenvalue weighted by Crippen LogP contribution is 2.43. The van der Waals surface area contributed by atoms with Gasteiger partial charge in [0.05, 0.1) is 0 Å². The summed E-state index contributed by atoms with van der Waals surface area (Å²) in [5.41, 5.74) is 17.8. The van der Waals surface area contributed by atoms with Crippen molar-refractivity contribution >= 4 is 5.69 Å². The minimum atomic E-state index is 0.617. The summed E-state index contributed by atoms with van der Waals surface area (Å²) < 4.78 is 0. The maximum Gasteiger partial charge on any atom is 0.164 e. The van der Waals surface area contributed by atoms with E-state index in [0.29, 0.717) is 17.5 Å². The Balaban J connectivity index is 1.52. The van der Waals surface area contributed by atoms with Gasteiger partial charge in [-0.05, 0) is 75.7 Å². The van der Waals surface area contributed by atoms with E-state index >= 15 is 0 Å². The summed E-state index contributed by atoms with van der Waals surface area (Å²) in [6, 6.07) is 52.4. The normalized spacial score (nSPS) is 11.0. The molecule has 222 valence electrons. The van der Waals surface area contributed by atoms with Gasteiger partial charge < -0.3 is 5.73 Å². The van der Waals surface area contributed by atoms with Crippen molar-refractivity contribution < 1.29 is 0 Å². The molecule has 7 aromatic rings. The average Bonchev–Trinajstić information content (AvgIpc) is 3.13. The summed E-state index contributed by atoms with van der Waals surface area (Å²) in [6.07, 6.45) is 1.90. The monoisotopic (exact) mass is 594 g/mol. The third kappa shape index (κ3) is 5.93.